The molecule has 1 aromatic carbocycles. The van der Waals surface area contributed by atoms with Crippen molar-refractivity contribution in [2.45, 2.75) is 43.0 Å². The first-order valence-corrected chi connectivity index (χ1v) is 8.31. The lowest BCUT2D eigenvalue weighted by atomic mass is 10.0. The Bertz CT molecular complexity index is 533. The summed E-state index contributed by atoms with van der Waals surface area (Å²) in [6, 6.07) is 6.24. The van der Waals surface area contributed by atoms with Crippen LogP contribution in [0.15, 0.2) is 29.2 Å². The minimum Gasteiger partial charge on any atom is -0.491 e. The zero-order chi connectivity index (χ0) is 14.6. The Morgan fingerprint density at radius 1 is 1.25 bits per heavy atom. The Labute approximate surface area is 120 Å². The van der Waals surface area contributed by atoms with Crippen LogP contribution in [0.25, 0.3) is 0 Å². The van der Waals surface area contributed by atoms with Crippen LogP contribution < -0.4 is 9.46 Å². The van der Waals surface area contributed by atoms with Gasteiger partial charge in [0.05, 0.1) is 11.5 Å². The van der Waals surface area contributed by atoms with Crippen molar-refractivity contribution in [2.75, 3.05) is 13.2 Å². The average Bonchev–Trinajstić information content (AvgIpc) is 2.82. The van der Waals surface area contributed by atoms with Gasteiger partial charge in [0.15, 0.2) is 0 Å². The molecule has 1 aliphatic rings. The molecule has 0 radical (unpaired) electrons. The zero-order valence-electron chi connectivity index (χ0n) is 11.6. The quantitative estimate of drug-likeness (QED) is 0.838. The Kier molecular flexibility index (Phi) is 4.67. The number of benzene rings is 1. The van der Waals surface area contributed by atoms with Gasteiger partial charge in [-0.3, -0.25) is 0 Å². The summed E-state index contributed by atoms with van der Waals surface area (Å²) >= 11 is 0. The molecule has 0 heterocycles. The molecule has 20 heavy (non-hydrogen) atoms. The number of aliphatic hydroxyl groups excluding tert-OH is 1. The van der Waals surface area contributed by atoms with Crippen LogP contribution >= 0.6 is 0 Å². The van der Waals surface area contributed by atoms with Gasteiger partial charge in [-0.1, -0.05) is 12.8 Å². The first-order chi connectivity index (χ1) is 9.45. The van der Waals surface area contributed by atoms with Crippen molar-refractivity contribution in [3.05, 3.63) is 24.3 Å². The highest BCUT2D eigenvalue weighted by Crippen LogP contribution is 2.30. The molecule has 1 fully saturated rings. The van der Waals surface area contributed by atoms with Crippen LogP contribution in [0.3, 0.4) is 0 Å². The maximum Gasteiger partial charge on any atom is 0.241 e. The lowest BCUT2D eigenvalue weighted by Crippen LogP contribution is -2.43. The van der Waals surface area contributed by atoms with E-state index in [1.54, 1.807) is 12.1 Å². The molecule has 112 valence electrons. The van der Waals surface area contributed by atoms with E-state index in [1.165, 1.54) is 12.1 Å². The molecule has 1 aromatic rings. The topological polar surface area (TPSA) is 75.6 Å². The van der Waals surface area contributed by atoms with Crippen molar-refractivity contribution >= 4 is 10.0 Å². The molecular weight excluding hydrogens is 278 g/mol. The van der Waals surface area contributed by atoms with Gasteiger partial charge in [0.1, 0.15) is 12.4 Å². The Hall–Kier alpha value is -1.11. The van der Waals surface area contributed by atoms with E-state index in [0.717, 1.165) is 25.7 Å². The molecule has 0 amide bonds. The third-order valence-electron chi connectivity index (χ3n) is 3.58. The average molecular weight is 299 g/mol. The van der Waals surface area contributed by atoms with E-state index in [2.05, 4.69) is 4.72 Å². The van der Waals surface area contributed by atoms with E-state index in [9.17, 15) is 8.42 Å². The summed E-state index contributed by atoms with van der Waals surface area (Å²) in [5.74, 6) is 0.546. The van der Waals surface area contributed by atoms with Gasteiger partial charge in [-0.25, -0.2) is 13.1 Å². The largest absolute Gasteiger partial charge is 0.491 e. The Balaban J connectivity index is 2.09. The number of sulfonamides is 1. The number of hydrogen-bond acceptors (Lipinski definition) is 4. The van der Waals surface area contributed by atoms with Crippen molar-refractivity contribution in [1.29, 1.82) is 0 Å². The molecule has 5 nitrogen and oxygen atoms in total. The van der Waals surface area contributed by atoms with Crippen molar-refractivity contribution in [3.8, 4) is 5.75 Å². The first kappa shape index (κ1) is 15.3. The van der Waals surface area contributed by atoms with E-state index in [-0.39, 0.29) is 23.6 Å². The molecule has 0 bridgehead atoms. The van der Waals surface area contributed by atoms with Crippen molar-refractivity contribution in [1.82, 2.24) is 4.72 Å². The van der Waals surface area contributed by atoms with Gasteiger partial charge in [0.2, 0.25) is 10.0 Å². The second kappa shape index (κ2) is 6.11. The summed E-state index contributed by atoms with van der Waals surface area (Å²) in [4.78, 5) is 0.238. The third-order valence-corrected chi connectivity index (χ3v) is 5.24. The summed E-state index contributed by atoms with van der Waals surface area (Å²) in [6.45, 7) is 2.08. The monoisotopic (exact) mass is 299 g/mol. The van der Waals surface area contributed by atoms with Crippen molar-refractivity contribution in [3.63, 3.8) is 0 Å². The molecule has 0 aliphatic heterocycles. The van der Waals surface area contributed by atoms with E-state index < -0.39 is 10.0 Å². The molecule has 2 rings (SSSR count). The SMILES string of the molecule is CC1(NS(=O)(=O)c2ccc(OCCO)cc2)CCCC1. The van der Waals surface area contributed by atoms with Gasteiger partial charge in [-0.05, 0) is 44.0 Å². The normalized spacial score (nSPS) is 18.1. The molecule has 0 saturated heterocycles. The van der Waals surface area contributed by atoms with Crippen LogP contribution in [0.5, 0.6) is 5.75 Å². The van der Waals surface area contributed by atoms with E-state index in [0.29, 0.717) is 5.75 Å². The highest BCUT2D eigenvalue weighted by atomic mass is 32.2. The summed E-state index contributed by atoms with van der Waals surface area (Å²) in [5, 5.41) is 8.67. The summed E-state index contributed by atoms with van der Waals surface area (Å²) in [7, 11) is -3.49. The van der Waals surface area contributed by atoms with Gasteiger partial charge in [-0.2, -0.15) is 0 Å². The second-order valence-corrected chi connectivity index (χ2v) is 7.10. The molecule has 0 unspecified atom stereocenters. The molecular formula is C14H21NO4S. The minimum absolute atomic E-state index is 0.0695. The summed E-state index contributed by atoms with van der Waals surface area (Å²) in [6.07, 6.45) is 3.88. The predicted octanol–water partition coefficient (Wildman–Crippen LogP) is 1.67. The molecule has 1 saturated carbocycles. The Morgan fingerprint density at radius 3 is 2.40 bits per heavy atom. The highest BCUT2D eigenvalue weighted by molar-refractivity contribution is 7.89. The lowest BCUT2D eigenvalue weighted by molar-refractivity contribution is 0.201. The highest BCUT2D eigenvalue weighted by Gasteiger charge is 2.33. The van der Waals surface area contributed by atoms with Gasteiger partial charge in [-0.15, -0.1) is 0 Å². The fourth-order valence-corrected chi connectivity index (χ4v) is 3.98. The van der Waals surface area contributed by atoms with Crippen LogP contribution in [-0.2, 0) is 10.0 Å². The van der Waals surface area contributed by atoms with Gasteiger partial charge in [0.25, 0.3) is 0 Å². The van der Waals surface area contributed by atoms with Gasteiger partial charge < -0.3 is 9.84 Å². The number of hydrogen-bond donors (Lipinski definition) is 2. The molecule has 1 aliphatic carbocycles. The smallest absolute Gasteiger partial charge is 0.241 e. The predicted molar refractivity (Wildman–Crippen MR) is 76.2 cm³/mol. The molecule has 0 atom stereocenters. The zero-order valence-corrected chi connectivity index (χ0v) is 12.4. The van der Waals surface area contributed by atoms with Gasteiger partial charge in [0, 0.05) is 5.54 Å². The van der Waals surface area contributed by atoms with Crippen molar-refractivity contribution in [2.24, 2.45) is 0 Å². The molecule has 2 N–H and O–H groups in total. The fraction of sp³-hybridized carbons (Fsp3) is 0.571. The number of ether oxygens (including phenoxy) is 1. The van der Waals surface area contributed by atoms with Crippen LogP contribution in [0.4, 0.5) is 0 Å². The standard InChI is InChI=1S/C14H21NO4S/c1-14(8-2-3-9-14)15-20(17,18)13-6-4-12(5-7-13)19-11-10-16/h4-7,15-16H,2-3,8-11H2,1H3. The van der Waals surface area contributed by atoms with Crippen LogP contribution in [-0.4, -0.2) is 32.3 Å². The van der Waals surface area contributed by atoms with E-state index >= 15 is 0 Å². The lowest BCUT2D eigenvalue weighted by Gasteiger charge is -2.24. The van der Waals surface area contributed by atoms with Gasteiger partial charge >= 0.3 is 0 Å². The molecule has 0 aromatic heterocycles. The molecule has 6 heteroatoms. The van der Waals surface area contributed by atoms with Crippen LogP contribution in [0, 0.1) is 0 Å². The molecule has 0 spiro atoms. The van der Waals surface area contributed by atoms with E-state index in [4.69, 9.17) is 9.84 Å². The maximum atomic E-state index is 12.3. The maximum absolute atomic E-state index is 12.3. The van der Waals surface area contributed by atoms with Crippen LogP contribution in [0.1, 0.15) is 32.6 Å². The number of nitrogens with one attached hydrogen (secondary N) is 1. The van der Waals surface area contributed by atoms with E-state index in [1.807, 2.05) is 6.92 Å². The second-order valence-electron chi connectivity index (χ2n) is 5.42. The minimum atomic E-state index is -3.49. The summed E-state index contributed by atoms with van der Waals surface area (Å²) < 4.78 is 32.7. The number of rotatable bonds is 6. The summed E-state index contributed by atoms with van der Waals surface area (Å²) in [5.41, 5.74) is -0.328. The number of aliphatic hydroxyl groups is 1. The van der Waals surface area contributed by atoms with Crippen molar-refractivity contribution < 1.29 is 18.3 Å². The fourth-order valence-electron chi connectivity index (χ4n) is 2.52. The first-order valence-electron chi connectivity index (χ1n) is 6.83. The van der Waals surface area contributed by atoms with Crippen LogP contribution in [0.2, 0.25) is 0 Å². The third kappa shape index (κ3) is 3.71. The Morgan fingerprint density at radius 2 is 1.85 bits per heavy atom.